The highest BCUT2D eigenvalue weighted by atomic mass is 32.1. The van der Waals surface area contributed by atoms with Crippen LogP contribution in [0.15, 0.2) is 11.4 Å². The number of hydrogen-bond acceptors (Lipinski definition) is 3. The van der Waals surface area contributed by atoms with E-state index in [1.54, 1.807) is 0 Å². The molecule has 2 N–H and O–H groups in total. The van der Waals surface area contributed by atoms with Gasteiger partial charge in [0.1, 0.15) is 0 Å². The van der Waals surface area contributed by atoms with Crippen molar-refractivity contribution in [1.29, 1.82) is 0 Å². The first-order chi connectivity index (χ1) is 9.28. The predicted octanol–water partition coefficient (Wildman–Crippen LogP) is 2.40. The van der Waals surface area contributed by atoms with Crippen LogP contribution in [0.5, 0.6) is 0 Å². The lowest BCUT2D eigenvalue weighted by Crippen LogP contribution is -2.40. The van der Waals surface area contributed by atoms with Crippen molar-refractivity contribution >= 4 is 17.2 Å². The van der Waals surface area contributed by atoms with E-state index < -0.39 is 0 Å². The van der Waals surface area contributed by atoms with Gasteiger partial charge in [0, 0.05) is 23.9 Å². The second kappa shape index (κ2) is 5.63. The molecular formula is C15H22N2OS. The highest BCUT2D eigenvalue weighted by Gasteiger charge is 2.30. The van der Waals surface area contributed by atoms with E-state index in [1.165, 1.54) is 10.4 Å². The van der Waals surface area contributed by atoms with Gasteiger partial charge in [-0.1, -0.05) is 0 Å². The fraction of sp³-hybridized carbons (Fsp3) is 0.667. The van der Waals surface area contributed by atoms with Gasteiger partial charge in [0.25, 0.3) is 0 Å². The smallest absolute Gasteiger partial charge is 0.225 e. The number of thiophene rings is 1. The second-order valence-corrected chi connectivity index (χ2v) is 6.83. The quantitative estimate of drug-likeness (QED) is 0.903. The van der Waals surface area contributed by atoms with E-state index >= 15 is 0 Å². The van der Waals surface area contributed by atoms with E-state index in [-0.39, 0.29) is 5.92 Å². The van der Waals surface area contributed by atoms with Gasteiger partial charge in [0.2, 0.25) is 5.91 Å². The SMILES string of the molecule is NCC1CCC(C(=O)N2CCc3sccc3C2)CC1. The summed E-state index contributed by atoms with van der Waals surface area (Å²) in [7, 11) is 0. The Morgan fingerprint density at radius 1 is 1.37 bits per heavy atom. The Bertz CT molecular complexity index is 449. The molecule has 1 fully saturated rings. The van der Waals surface area contributed by atoms with Crippen molar-refractivity contribution in [3.8, 4) is 0 Å². The Kier molecular flexibility index (Phi) is 3.89. The maximum atomic E-state index is 12.6. The fourth-order valence-electron chi connectivity index (χ4n) is 3.34. The molecule has 2 heterocycles. The standard InChI is InChI=1S/C15H22N2OS/c16-9-11-1-3-12(4-2-11)15(18)17-7-5-14-13(10-17)6-8-19-14/h6,8,11-12H,1-5,7,9-10,16H2. The summed E-state index contributed by atoms with van der Waals surface area (Å²) in [5.74, 6) is 1.28. The molecule has 3 nitrogen and oxygen atoms in total. The third kappa shape index (κ3) is 2.70. The van der Waals surface area contributed by atoms with Crippen LogP contribution < -0.4 is 5.73 Å². The number of amides is 1. The lowest BCUT2D eigenvalue weighted by Gasteiger charge is -2.33. The van der Waals surface area contributed by atoms with Crippen molar-refractivity contribution in [1.82, 2.24) is 4.90 Å². The van der Waals surface area contributed by atoms with E-state index in [9.17, 15) is 4.79 Å². The Morgan fingerprint density at radius 2 is 2.16 bits per heavy atom. The fourth-order valence-corrected chi connectivity index (χ4v) is 4.23. The van der Waals surface area contributed by atoms with Gasteiger partial charge >= 0.3 is 0 Å². The number of carbonyl (C=O) groups is 1. The molecule has 1 aliphatic carbocycles. The highest BCUT2D eigenvalue weighted by molar-refractivity contribution is 7.10. The van der Waals surface area contributed by atoms with Crippen LogP contribution in [-0.4, -0.2) is 23.9 Å². The third-order valence-corrected chi connectivity index (χ3v) is 5.67. The van der Waals surface area contributed by atoms with Crippen LogP contribution in [-0.2, 0) is 17.8 Å². The van der Waals surface area contributed by atoms with Crippen LogP contribution >= 0.6 is 11.3 Å². The van der Waals surface area contributed by atoms with Gasteiger partial charge in [-0.3, -0.25) is 4.79 Å². The topological polar surface area (TPSA) is 46.3 Å². The summed E-state index contributed by atoms with van der Waals surface area (Å²) >= 11 is 1.83. The zero-order valence-electron chi connectivity index (χ0n) is 11.3. The van der Waals surface area contributed by atoms with Crippen molar-refractivity contribution in [3.05, 3.63) is 21.9 Å². The number of nitrogens with zero attached hydrogens (tertiary/aromatic N) is 1. The van der Waals surface area contributed by atoms with Gasteiger partial charge in [-0.05, 0) is 61.6 Å². The molecule has 0 aromatic carbocycles. The number of carbonyl (C=O) groups excluding carboxylic acids is 1. The number of nitrogens with two attached hydrogens (primary N) is 1. The minimum absolute atomic E-state index is 0.253. The Morgan fingerprint density at radius 3 is 2.89 bits per heavy atom. The number of fused-ring (bicyclic) bond motifs is 1. The Balaban J connectivity index is 1.60. The zero-order chi connectivity index (χ0) is 13.2. The van der Waals surface area contributed by atoms with Crippen LogP contribution in [0.2, 0.25) is 0 Å². The first-order valence-corrected chi connectivity index (χ1v) is 8.20. The van der Waals surface area contributed by atoms with Crippen LogP contribution in [0.4, 0.5) is 0 Å². The molecule has 4 heteroatoms. The molecule has 0 spiro atoms. The van der Waals surface area contributed by atoms with Crippen LogP contribution in [0, 0.1) is 11.8 Å². The highest BCUT2D eigenvalue weighted by Crippen LogP contribution is 2.31. The van der Waals surface area contributed by atoms with Gasteiger partial charge in [0.15, 0.2) is 0 Å². The van der Waals surface area contributed by atoms with Crippen molar-refractivity contribution < 1.29 is 4.79 Å². The molecule has 0 unspecified atom stereocenters. The molecule has 0 radical (unpaired) electrons. The molecule has 0 bridgehead atoms. The number of rotatable bonds is 2. The van der Waals surface area contributed by atoms with E-state index in [0.29, 0.717) is 11.8 Å². The first kappa shape index (κ1) is 13.1. The maximum Gasteiger partial charge on any atom is 0.225 e. The van der Waals surface area contributed by atoms with Crippen LogP contribution in [0.3, 0.4) is 0 Å². The van der Waals surface area contributed by atoms with Gasteiger partial charge in [-0.15, -0.1) is 11.3 Å². The molecule has 1 aromatic rings. The largest absolute Gasteiger partial charge is 0.338 e. The molecule has 1 aromatic heterocycles. The second-order valence-electron chi connectivity index (χ2n) is 5.83. The van der Waals surface area contributed by atoms with Crippen molar-refractivity contribution in [2.24, 2.45) is 17.6 Å². The Hall–Kier alpha value is -0.870. The first-order valence-electron chi connectivity index (χ1n) is 7.32. The molecule has 0 saturated heterocycles. The van der Waals surface area contributed by atoms with Crippen molar-refractivity contribution in [2.75, 3.05) is 13.1 Å². The van der Waals surface area contributed by atoms with Crippen molar-refractivity contribution in [3.63, 3.8) is 0 Å². The summed E-state index contributed by atoms with van der Waals surface area (Å²) in [6.07, 6.45) is 5.37. The molecule has 2 aliphatic rings. The van der Waals surface area contributed by atoms with Gasteiger partial charge < -0.3 is 10.6 Å². The molecular weight excluding hydrogens is 256 g/mol. The van der Waals surface area contributed by atoms with E-state index in [4.69, 9.17) is 5.73 Å². The summed E-state index contributed by atoms with van der Waals surface area (Å²) in [5, 5.41) is 2.14. The predicted molar refractivity (Wildman–Crippen MR) is 77.9 cm³/mol. The molecule has 1 amide bonds. The molecule has 104 valence electrons. The molecule has 1 saturated carbocycles. The summed E-state index contributed by atoms with van der Waals surface area (Å²) < 4.78 is 0. The van der Waals surface area contributed by atoms with Gasteiger partial charge in [-0.2, -0.15) is 0 Å². The lowest BCUT2D eigenvalue weighted by molar-refractivity contribution is -0.137. The van der Waals surface area contributed by atoms with E-state index in [1.807, 2.05) is 11.3 Å². The summed E-state index contributed by atoms with van der Waals surface area (Å²) in [6, 6.07) is 2.17. The zero-order valence-corrected chi connectivity index (χ0v) is 12.1. The van der Waals surface area contributed by atoms with Crippen molar-refractivity contribution in [2.45, 2.75) is 38.6 Å². The Labute approximate surface area is 118 Å². The van der Waals surface area contributed by atoms with Crippen LogP contribution in [0.1, 0.15) is 36.1 Å². The van der Waals surface area contributed by atoms with E-state index in [0.717, 1.165) is 51.7 Å². The van der Waals surface area contributed by atoms with Gasteiger partial charge in [0.05, 0.1) is 0 Å². The molecule has 19 heavy (non-hydrogen) atoms. The minimum atomic E-state index is 0.253. The molecule has 0 atom stereocenters. The average Bonchev–Trinajstić information content (AvgIpc) is 2.94. The summed E-state index contributed by atoms with van der Waals surface area (Å²) in [6.45, 7) is 2.51. The molecule has 1 aliphatic heterocycles. The summed E-state index contributed by atoms with van der Waals surface area (Å²) in [5.41, 5.74) is 7.08. The average molecular weight is 278 g/mol. The van der Waals surface area contributed by atoms with E-state index in [2.05, 4.69) is 16.3 Å². The maximum absolute atomic E-state index is 12.6. The molecule has 3 rings (SSSR count). The monoisotopic (exact) mass is 278 g/mol. The van der Waals surface area contributed by atoms with Gasteiger partial charge in [-0.25, -0.2) is 0 Å². The lowest BCUT2D eigenvalue weighted by atomic mass is 9.81. The summed E-state index contributed by atoms with van der Waals surface area (Å²) in [4.78, 5) is 16.1. The third-order valence-electron chi connectivity index (χ3n) is 4.65. The number of hydrogen-bond donors (Lipinski definition) is 1. The minimum Gasteiger partial charge on any atom is -0.338 e. The van der Waals surface area contributed by atoms with Crippen LogP contribution in [0.25, 0.3) is 0 Å². The normalized spacial score (nSPS) is 27.1.